The molecule has 0 spiro atoms. The molecule has 132 valence electrons. The van der Waals surface area contributed by atoms with Gasteiger partial charge in [0.15, 0.2) is 0 Å². The van der Waals surface area contributed by atoms with Crippen LogP contribution >= 0.6 is 0 Å². The smallest absolute Gasteiger partial charge is 0.313 e. The molecule has 1 aromatic rings. The van der Waals surface area contributed by atoms with Gasteiger partial charge in [-0.05, 0) is 48.9 Å². The third-order valence-corrected chi connectivity index (χ3v) is 4.89. The van der Waals surface area contributed by atoms with Crippen molar-refractivity contribution in [1.29, 1.82) is 0 Å². The molecule has 3 N–H and O–H groups in total. The van der Waals surface area contributed by atoms with E-state index < -0.39 is 11.8 Å². The Hall–Kier alpha value is -1.88. The standard InChI is InChI=1S/C19H28N2O3/c1-3-13-9-10-16(11-14(13)4-2)20-18(23)19(24)21-17-8-6-5-7-15(17)12-22/h9-11,15,17,22H,3-8,12H2,1-2H3,(H,20,23)(H,21,24). The zero-order chi connectivity index (χ0) is 17.5. The average Bonchev–Trinajstić information content (AvgIpc) is 2.61. The molecule has 2 amide bonds. The van der Waals surface area contributed by atoms with Crippen LogP contribution in [-0.2, 0) is 22.4 Å². The summed E-state index contributed by atoms with van der Waals surface area (Å²) in [6.45, 7) is 4.22. The molecule has 1 saturated carbocycles. The average molecular weight is 332 g/mol. The number of aliphatic hydroxyl groups is 1. The number of amides is 2. The molecule has 1 aliphatic rings. The van der Waals surface area contributed by atoms with Crippen molar-refractivity contribution in [2.24, 2.45) is 5.92 Å². The molecule has 0 aromatic heterocycles. The molecule has 0 heterocycles. The summed E-state index contributed by atoms with van der Waals surface area (Å²) in [4.78, 5) is 24.3. The van der Waals surface area contributed by atoms with Gasteiger partial charge in [0.05, 0.1) is 0 Å². The Morgan fingerprint density at radius 2 is 1.79 bits per heavy atom. The van der Waals surface area contributed by atoms with Gasteiger partial charge in [0.1, 0.15) is 0 Å². The third kappa shape index (κ3) is 4.57. The summed E-state index contributed by atoms with van der Waals surface area (Å²) >= 11 is 0. The Bertz CT molecular complexity index is 586. The highest BCUT2D eigenvalue weighted by Crippen LogP contribution is 2.24. The molecule has 2 unspecified atom stereocenters. The van der Waals surface area contributed by atoms with E-state index in [-0.39, 0.29) is 18.6 Å². The number of aryl methyl sites for hydroxylation is 2. The Morgan fingerprint density at radius 1 is 1.08 bits per heavy atom. The van der Waals surface area contributed by atoms with Gasteiger partial charge in [-0.15, -0.1) is 0 Å². The third-order valence-electron chi connectivity index (χ3n) is 4.89. The van der Waals surface area contributed by atoms with Crippen molar-refractivity contribution in [3.05, 3.63) is 29.3 Å². The fraction of sp³-hybridized carbons (Fsp3) is 0.579. The number of nitrogens with one attached hydrogen (secondary N) is 2. The van der Waals surface area contributed by atoms with Crippen molar-refractivity contribution in [2.45, 2.75) is 58.4 Å². The summed E-state index contributed by atoms with van der Waals surface area (Å²) in [5.41, 5.74) is 3.09. The molecule has 0 aliphatic heterocycles. The van der Waals surface area contributed by atoms with Crippen LogP contribution in [0, 0.1) is 5.92 Å². The zero-order valence-electron chi connectivity index (χ0n) is 14.6. The summed E-state index contributed by atoms with van der Waals surface area (Å²) in [7, 11) is 0. The molecule has 0 radical (unpaired) electrons. The number of carbonyl (C=O) groups excluding carboxylic acids is 2. The Labute approximate surface area is 143 Å². The van der Waals surface area contributed by atoms with E-state index in [1.165, 1.54) is 11.1 Å². The van der Waals surface area contributed by atoms with Gasteiger partial charge in [-0.3, -0.25) is 9.59 Å². The highest BCUT2D eigenvalue weighted by atomic mass is 16.3. The van der Waals surface area contributed by atoms with Crippen LogP contribution in [0.2, 0.25) is 0 Å². The van der Waals surface area contributed by atoms with Crippen LogP contribution in [0.25, 0.3) is 0 Å². The van der Waals surface area contributed by atoms with Crippen molar-refractivity contribution in [2.75, 3.05) is 11.9 Å². The fourth-order valence-electron chi connectivity index (χ4n) is 3.42. The van der Waals surface area contributed by atoms with Crippen LogP contribution in [0.15, 0.2) is 18.2 Å². The zero-order valence-corrected chi connectivity index (χ0v) is 14.6. The van der Waals surface area contributed by atoms with E-state index in [0.717, 1.165) is 38.5 Å². The van der Waals surface area contributed by atoms with Crippen molar-refractivity contribution in [3.63, 3.8) is 0 Å². The number of carbonyl (C=O) groups is 2. The summed E-state index contributed by atoms with van der Waals surface area (Å²) in [6, 6.07) is 5.65. The molecule has 1 fully saturated rings. The maximum Gasteiger partial charge on any atom is 0.313 e. The summed E-state index contributed by atoms with van der Waals surface area (Å²) in [5.74, 6) is -1.23. The Balaban J connectivity index is 1.97. The van der Waals surface area contributed by atoms with E-state index in [9.17, 15) is 14.7 Å². The van der Waals surface area contributed by atoms with Gasteiger partial charge in [0.2, 0.25) is 0 Å². The molecule has 24 heavy (non-hydrogen) atoms. The highest BCUT2D eigenvalue weighted by molar-refractivity contribution is 6.39. The SMILES string of the molecule is CCc1ccc(NC(=O)C(=O)NC2CCCCC2CO)cc1CC. The fourth-order valence-corrected chi connectivity index (χ4v) is 3.42. The topological polar surface area (TPSA) is 78.4 Å². The molecule has 1 aromatic carbocycles. The summed E-state index contributed by atoms with van der Waals surface area (Å²) in [5, 5.41) is 14.9. The first-order valence-corrected chi connectivity index (χ1v) is 8.93. The predicted molar refractivity (Wildman–Crippen MR) is 94.8 cm³/mol. The molecule has 5 nitrogen and oxygen atoms in total. The van der Waals surface area contributed by atoms with Crippen molar-refractivity contribution in [3.8, 4) is 0 Å². The second kappa shape index (κ2) is 8.83. The maximum atomic E-state index is 12.1. The van der Waals surface area contributed by atoms with Gasteiger partial charge < -0.3 is 15.7 Å². The molecule has 0 saturated heterocycles. The molecule has 2 atom stereocenters. The number of rotatable bonds is 5. The van der Waals surface area contributed by atoms with Crippen LogP contribution in [0.3, 0.4) is 0 Å². The van der Waals surface area contributed by atoms with E-state index in [0.29, 0.717) is 5.69 Å². The summed E-state index contributed by atoms with van der Waals surface area (Å²) < 4.78 is 0. The molecule has 1 aliphatic carbocycles. The van der Waals surface area contributed by atoms with Gasteiger partial charge >= 0.3 is 11.8 Å². The normalized spacial score (nSPS) is 20.5. The number of hydrogen-bond acceptors (Lipinski definition) is 3. The maximum absolute atomic E-state index is 12.1. The van der Waals surface area contributed by atoms with E-state index in [2.05, 4.69) is 24.5 Å². The molecule has 2 rings (SSSR count). The molecular weight excluding hydrogens is 304 g/mol. The lowest BCUT2D eigenvalue weighted by Crippen LogP contribution is -2.47. The van der Waals surface area contributed by atoms with Gasteiger partial charge in [-0.2, -0.15) is 0 Å². The molecular formula is C19H28N2O3. The number of aliphatic hydroxyl groups excluding tert-OH is 1. The second-order valence-corrected chi connectivity index (χ2v) is 6.45. The van der Waals surface area contributed by atoms with Crippen LogP contribution in [0.1, 0.15) is 50.7 Å². The minimum absolute atomic E-state index is 0.0465. The first kappa shape index (κ1) is 18.5. The van der Waals surface area contributed by atoms with Crippen molar-refractivity contribution < 1.29 is 14.7 Å². The lowest BCUT2D eigenvalue weighted by Gasteiger charge is -2.30. The van der Waals surface area contributed by atoms with Gasteiger partial charge in [0, 0.05) is 24.3 Å². The van der Waals surface area contributed by atoms with Crippen LogP contribution in [0.4, 0.5) is 5.69 Å². The van der Waals surface area contributed by atoms with Crippen molar-refractivity contribution >= 4 is 17.5 Å². The summed E-state index contributed by atoms with van der Waals surface area (Å²) in [6.07, 6.45) is 5.62. The second-order valence-electron chi connectivity index (χ2n) is 6.45. The van der Waals surface area contributed by atoms with Crippen LogP contribution < -0.4 is 10.6 Å². The quantitative estimate of drug-likeness (QED) is 0.725. The largest absolute Gasteiger partial charge is 0.396 e. The number of benzene rings is 1. The first-order valence-electron chi connectivity index (χ1n) is 8.93. The Kier molecular flexibility index (Phi) is 6.79. The van der Waals surface area contributed by atoms with Gasteiger partial charge in [-0.25, -0.2) is 0 Å². The van der Waals surface area contributed by atoms with Crippen molar-refractivity contribution in [1.82, 2.24) is 5.32 Å². The van der Waals surface area contributed by atoms with E-state index in [1.54, 1.807) is 0 Å². The minimum atomic E-state index is -0.649. The lowest BCUT2D eigenvalue weighted by atomic mass is 9.85. The molecule has 5 heteroatoms. The number of anilines is 1. The van der Waals surface area contributed by atoms with E-state index in [1.807, 2.05) is 18.2 Å². The van der Waals surface area contributed by atoms with Crippen LogP contribution in [-0.4, -0.2) is 29.6 Å². The van der Waals surface area contributed by atoms with Crippen LogP contribution in [0.5, 0.6) is 0 Å². The minimum Gasteiger partial charge on any atom is -0.396 e. The van der Waals surface area contributed by atoms with E-state index in [4.69, 9.17) is 0 Å². The highest BCUT2D eigenvalue weighted by Gasteiger charge is 2.27. The van der Waals surface area contributed by atoms with E-state index >= 15 is 0 Å². The lowest BCUT2D eigenvalue weighted by molar-refractivity contribution is -0.137. The van der Waals surface area contributed by atoms with Gasteiger partial charge in [0.25, 0.3) is 0 Å². The Morgan fingerprint density at radius 3 is 2.46 bits per heavy atom. The first-order chi connectivity index (χ1) is 11.6. The predicted octanol–water partition coefficient (Wildman–Crippen LogP) is 2.42. The monoisotopic (exact) mass is 332 g/mol. The number of hydrogen-bond donors (Lipinski definition) is 3. The molecule has 0 bridgehead atoms. The van der Waals surface area contributed by atoms with Gasteiger partial charge in [-0.1, -0.05) is 32.8 Å².